The number of amides is 5. The molecule has 1 unspecified atom stereocenters. The standard InChI is InChI=1S/C21H20N4O6/c1-21(9-12-2-7-15-16(8-12)31-11-30-15)19(28)25(20(29)24-21)10-17(26)23-14-5-3-13(4-6-14)18(22)27/h2-8H,9-11H2,1H3,(H2,22,27)(H,23,26)(H,24,29). The van der Waals surface area contributed by atoms with Crippen molar-refractivity contribution >= 4 is 29.4 Å². The van der Waals surface area contributed by atoms with E-state index in [1.54, 1.807) is 25.1 Å². The van der Waals surface area contributed by atoms with Crippen LogP contribution >= 0.6 is 0 Å². The van der Waals surface area contributed by atoms with Crippen molar-refractivity contribution in [3.05, 3.63) is 53.6 Å². The van der Waals surface area contributed by atoms with E-state index in [-0.39, 0.29) is 13.2 Å². The van der Waals surface area contributed by atoms with Gasteiger partial charge in [0.1, 0.15) is 12.1 Å². The number of benzene rings is 2. The number of hydrogen-bond donors (Lipinski definition) is 3. The number of nitrogens with zero attached hydrogens (tertiary/aromatic N) is 1. The summed E-state index contributed by atoms with van der Waals surface area (Å²) in [6, 6.07) is 10.6. The lowest BCUT2D eigenvalue weighted by Crippen LogP contribution is -2.46. The normalized spacial score (nSPS) is 19.3. The molecule has 2 aliphatic heterocycles. The molecule has 0 aliphatic carbocycles. The van der Waals surface area contributed by atoms with Crippen LogP contribution in [0.2, 0.25) is 0 Å². The van der Waals surface area contributed by atoms with Gasteiger partial charge in [-0.3, -0.25) is 19.3 Å². The molecular weight excluding hydrogens is 404 g/mol. The fourth-order valence-electron chi connectivity index (χ4n) is 3.53. The van der Waals surface area contributed by atoms with Crippen LogP contribution in [0.25, 0.3) is 0 Å². The third-order valence-electron chi connectivity index (χ3n) is 5.09. The van der Waals surface area contributed by atoms with E-state index in [0.29, 0.717) is 22.7 Å². The summed E-state index contributed by atoms with van der Waals surface area (Å²) >= 11 is 0. The molecule has 10 nitrogen and oxygen atoms in total. The summed E-state index contributed by atoms with van der Waals surface area (Å²) in [6.07, 6.45) is 0.223. The van der Waals surface area contributed by atoms with Crippen molar-refractivity contribution in [2.45, 2.75) is 18.9 Å². The van der Waals surface area contributed by atoms with Crippen molar-refractivity contribution < 1.29 is 28.7 Å². The summed E-state index contributed by atoms with van der Waals surface area (Å²) in [7, 11) is 0. The van der Waals surface area contributed by atoms with Crippen molar-refractivity contribution in [2.24, 2.45) is 5.73 Å². The zero-order chi connectivity index (χ0) is 22.2. The number of nitrogens with two attached hydrogens (primary N) is 1. The van der Waals surface area contributed by atoms with Crippen LogP contribution in [0.4, 0.5) is 10.5 Å². The summed E-state index contributed by atoms with van der Waals surface area (Å²) in [5, 5.41) is 5.26. The monoisotopic (exact) mass is 424 g/mol. The van der Waals surface area contributed by atoms with Crippen molar-refractivity contribution in [1.29, 1.82) is 0 Å². The van der Waals surface area contributed by atoms with Crippen molar-refractivity contribution in [3.63, 3.8) is 0 Å². The number of carbonyl (C=O) groups is 4. The summed E-state index contributed by atoms with van der Waals surface area (Å²) in [4.78, 5) is 49.7. The summed E-state index contributed by atoms with van der Waals surface area (Å²) in [5.41, 5.74) is 5.47. The molecule has 0 aromatic heterocycles. The van der Waals surface area contributed by atoms with Gasteiger partial charge >= 0.3 is 6.03 Å². The minimum absolute atomic E-state index is 0.139. The molecule has 4 rings (SSSR count). The van der Waals surface area contributed by atoms with Gasteiger partial charge in [-0.1, -0.05) is 6.07 Å². The predicted molar refractivity (Wildman–Crippen MR) is 109 cm³/mol. The molecule has 0 radical (unpaired) electrons. The molecule has 160 valence electrons. The molecule has 2 aromatic carbocycles. The number of nitrogens with one attached hydrogen (secondary N) is 2. The quantitative estimate of drug-likeness (QED) is 0.591. The molecule has 5 amide bonds. The van der Waals surface area contributed by atoms with Crippen molar-refractivity contribution in [1.82, 2.24) is 10.2 Å². The highest BCUT2D eigenvalue weighted by Crippen LogP contribution is 2.34. The van der Waals surface area contributed by atoms with Crippen LogP contribution < -0.4 is 25.8 Å². The van der Waals surface area contributed by atoms with Gasteiger partial charge < -0.3 is 25.8 Å². The molecule has 1 fully saturated rings. The first-order valence-corrected chi connectivity index (χ1v) is 9.47. The molecule has 0 saturated carbocycles. The minimum atomic E-state index is -1.20. The summed E-state index contributed by atoms with van der Waals surface area (Å²) in [5.74, 6) is -0.440. The fraction of sp³-hybridized carbons (Fsp3) is 0.238. The SMILES string of the molecule is CC1(Cc2ccc3c(c2)OCO3)NC(=O)N(CC(=O)Nc2ccc(C(N)=O)cc2)C1=O. The van der Waals surface area contributed by atoms with Crippen LogP contribution in [-0.4, -0.2) is 47.5 Å². The van der Waals surface area contributed by atoms with Crippen LogP contribution in [0.1, 0.15) is 22.8 Å². The highest BCUT2D eigenvalue weighted by atomic mass is 16.7. The number of imide groups is 1. The van der Waals surface area contributed by atoms with Gasteiger partial charge in [-0.15, -0.1) is 0 Å². The second-order valence-corrected chi connectivity index (χ2v) is 7.51. The number of primary amides is 1. The molecule has 1 atom stereocenters. The van der Waals surface area contributed by atoms with Gasteiger partial charge in [0.15, 0.2) is 11.5 Å². The Morgan fingerprint density at radius 3 is 2.55 bits per heavy atom. The summed E-state index contributed by atoms with van der Waals surface area (Å²) < 4.78 is 10.6. The number of hydrogen-bond acceptors (Lipinski definition) is 6. The highest BCUT2D eigenvalue weighted by molar-refractivity contribution is 6.10. The maximum Gasteiger partial charge on any atom is 0.325 e. The Hall–Kier alpha value is -4.08. The highest BCUT2D eigenvalue weighted by Gasteiger charge is 2.48. The van der Waals surface area contributed by atoms with Gasteiger partial charge in [0.25, 0.3) is 5.91 Å². The maximum atomic E-state index is 12.9. The first-order valence-electron chi connectivity index (χ1n) is 9.47. The molecule has 1 saturated heterocycles. The topological polar surface area (TPSA) is 140 Å². The molecule has 2 heterocycles. The second-order valence-electron chi connectivity index (χ2n) is 7.51. The van der Waals surface area contributed by atoms with Crippen molar-refractivity contribution in [3.8, 4) is 11.5 Å². The van der Waals surface area contributed by atoms with E-state index in [4.69, 9.17) is 15.2 Å². The molecule has 2 aliphatic rings. The Morgan fingerprint density at radius 2 is 1.84 bits per heavy atom. The smallest absolute Gasteiger partial charge is 0.325 e. The lowest BCUT2D eigenvalue weighted by molar-refractivity contribution is -0.133. The van der Waals surface area contributed by atoms with E-state index in [9.17, 15) is 19.2 Å². The third-order valence-corrected chi connectivity index (χ3v) is 5.09. The van der Waals surface area contributed by atoms with Crippen LogP contribution in [0, 0.1) is 0 Å². The molecule has 31 heavy (non-hydrogen) atoms. The molecule has 4 N–H and O–H groups in total. The third kappa shape index (κ3) is 4.00. The Bertz CT molecular complexity index is 1080. The number of rotatable bonds is 6. The number of carbonyl (C=O) groups excluding carboxylic acids is 4. The molecular formula is C21H20N4O6. The average Bonchev–Trinajstić information content (AvgIpc) is 3.26. The Kier molecular flexibility index (Phi) is 4.97. The first kappa shape index (κ1) is 20.2. The first-order chi connectivity index (χ1) is 14.7. The number of ether oxygens (including phenoxy) is 2. The number of urea groups is 1. The van der Waals surface area contributed by atoms with E-state index >= 15 is 0 Å². The average molecular weight is 424 g/mol. The van der Waals surface area contributed by atoms with Gasteiger partial charge in [0.05, 0.1) is 0 Å². The number of fused-ring (bicyclic) bond motifs is 1. The fourth-order valence-corrected chi connectivity index (χ4v) is 3.53. The minimum Gasteiger partial charge on any atom is -0.454 e. The Morgan fingerprint density at radius 1 is 1.13 bits per heavy atom. The zero-order valence-electron chi connectivity index (χ0n) is 16.6. The van der Waals surface area contributed by atoms with Gasteiger partial charge in [0.2, 0.25) is 18.6 Å². The molecule has 0 bridgehead atoms. The van der Waals surface area contributed by atoms with Crippen molar-refractivity contribution in [2.75, 3.05) is 18.7 Å². The molecule has 0 spiro atoms. The lowest BCUT2D eigenvalue weighted by atomic mass is 9.92. The van der Waals surface area contributed by atoms with Crippen LogP contribution in [0.5, 0.6) is 11.5 Å². The molecule has 2 aromatic rings. The predicted octanol–water partition coefficient (Wildman–Crippen LogP) is 1.01. The zero-order valence-corrected chi connectivity index (χ0v) is 16.6. The molecule has 10 heteroatoms. The van der Waals surface area contributed by atoms with Crippen LogP contribution in [0.15, 0.2) is 42.5 Å². The van der Waals surface area contributed by atoms with Gasteiger partial charge in [-0.2, -0.15) is 0 Å². The van der Waals surface area contributed by atoms with Gasteiger partial charge in [-0.25, -0.2) is 4.79 Å². The lowest BCUT2D eigenvalue weighted by Gasteiger charge is -2.22. The van der Waals surface area contributed by atoms with E-state index in [1.807, 2.05) is 0 Å². The van der Waals surface area contributed by atoms with Crippen LogP contribution in [-0.2, 0) is 16.0 Å². The largest absolute Gasteiger partial charge is 0.454 e. The Labute approximate surface area is 177 Å². The van der Waals surface area contributed by atoms with Gasteiger partial charge in [-0.05, 0) is 48.9 Å². The second kappa shape index (κ2) is 7.63. The number of anilines is 1. The maximum absolute atomic E-state index is 12.9. The van der Waals surface area contributed by atoms with E-state index in [2.05, 4.69) is 10.6 Å². The van der Waals surface area contributed by atoms with Crippen LogP contribution in [0.3, 0.4) is 0 Å². The van der Waals surface area contributed by atoms with E-state index in [0.717, 1.165) is 10.5 Å². The van der Waals surface area contributed by atoms with E-state index in [1.165, 1.54) is 24.3 Å². The van der Waals surface area contributed by atoms with Gasteiger partial charge in [0, 0.05) is 17.7 Å². The summed E-state index contributed by atoms with van der Waals surface area (Å²) in [6.45, 7) is 1.30. The van der Waals surface area contributed by atoms with E-state index < -0.39 is 35.8 Å². The Balaban J connectivity index is 1.41.